The fourth-order valence-corrected chi connectivity index (χ4v) is 1.67. The number of hydrogen-bond donors (Lipinski definition) is 2. The highest BCUT2D eigenvalue weighted by atomic mass is 16.5. The third kappa shape index (κ3) is 7.34. The van der Waals surface area contributed by atoms with E-state index in [-0.39, 0.29) is 0 Å². The molecule has 17 heavy (non-hydrogen) atoms. The van der Waals surface area contributed by atoms with Crippen molar-refractivity contribution in [2.45, 2.75) is 58.4 Å². The maximum atomic E-state index is 11.1. The van der Waals surface area contributed by atoms with Gasteiger partial charge in [0.05, 0.1) is 0 Å². The first-order valence-corrected chi connectivity index (χ1v) is 6.63. The summed E-state index contributed by atoms with van der Waals surface area (Å²) in [7, 11) is 0. The summed E-state index contributed by atoms with van der Waals surface area (Å²) in [4.78, 5) is 11.1. The van der Waals surface area contributed by atoms with Crippen LogP contribution in [0.25, 0.3) is 0 Å². The van der Waals surface area contributed by atoms with E-state index < -0.39 is 11.5 Å². The maximum Gasteiger partial charge on any atom is 0.323 e. The number of likely N-dealkylation sites (N-methyl/N-ethyl adjacent to an activating group) is 1. The molecule has 0 saturated carbocycles. The predicted molar refractivity (Wildman–Crippen MR) is 69.3 cm³/mol. The number of rotatable bonds is 11. The maximum absolute atomic E-state index is 11.1. The smallest absolute Gasteiger partial charge is 0.323 e. The van der Waals surface area contributed by atoms with E-state index in [1.165, 1.54) is 19.3 Å². The van der Waals surface area contributed by atoms with Crippen LogP contribution in [0.5, 0.6) is 0 Å². The van der Waals surface area contributed by atoms with Gasteiger partial charge < -0.3 is 15.2 Å². The summed E-state index contributed by atoms with van der Waals surface area (Å²) in [5, 5.41) is 12.1. The molecule has 0 aliphatic carbocycles. The van der Waals surface area contributed by atoms with Gasteiger partial charge in [-0.25, -0.2) is 0 Å². The molecule has 0 fully saturated rings. The van der Waals surface area contributed by atoms with E-state index in [1.807, 2.05) is 6.92 Å². The highest BCUT2D eigenvalue weighted by Gasteiger charge is 2.31. The van der Waals surface area contributed by atoms with Crippen molar-refractivity contribution < 1.29 is 14.6 Å². The van der Waals surface area contributed by atoms with E-state index >= 15 is 0 Å². The number of hydrogen-bond acceptors (Lipinski definition) is 3. The van der Waals surface area contributed by atoms with Crippen LogP contribution in [0.15, 0.2) is 0 Å². The molecule has 0 amide bonds. The first-order chi connectivity index (χ1) is 8.06. The molecule has 0 radical (unpaired) electrons. The number of unbranched alkanes of at least 4 members (excludes halogenated alkanes) is 3. The zero-order valence-corrected chi connectivity index (χ0v) is 11.4. The summed E-state index contributed by atoms with van der Waals surface area (Å²) in [5.74, 6) is -0.811. The van der Waals surface area contributed by atoms with Crippen LogP contribution in [0.2, 0.25) is 0 Å². The largest absolute Gasteiger partial charge is 0.480 e. The van der Waals surface area contributed by atoms with Crippen molar-refractivity contribution >= 4 is 5.97 Å². The Kier molecular flexibility index (Phi) is 9.09. The van der Waals surface area contributed by atoms with Crippen molar-refractivity contribution in [2.24, 2.45) is 0 Å². The number of carbonyl (C=O) groups is 1. The first kappa shape index (κ1) is 16.4. The Bertz CT molecular complexity index is 209. The molecule has 0 heterocycles. The van der Waals surface area contributed by atoms with Gasteiger partial charge in [0.15, 0.2) is 0 Å². The molecule has 0 aliphatic heterocycles. The van der Waals surface area contributed by atoms with E-state index in [9.17, 15) is 4.79 Å². The van der Waals surface area contributed by atoms with Gasteiger partial charge >= 0.3 is 5.97 Å². The van der Waals surface area contributed by atoms with Gasteiger partial charge in [0, 0.05) is 13.2 Å². The molecule has 0 spiro atoms. The fraction of sp³-hybridized carbons (Fsp3) is 0.923. The average Bonchev–Trinajstić information content (AvgIpc) is 2.28. The topological polar surface area (TPSA) is 58.6 Å². The van der Waals surface area contributed by atoms with E-state index in [4.69, 9.17) is 9.84 Å². The van der Waals surface area contributed by atoms with E-state index in [0.717, 1.165) is 13.0 Å². The van der Waals surface area contributed by atoms with Gasteiger partial charge in [0.25, 0.3) is 0 Å². The third-order valence-corrected chi connectivity index (χ3v) is 2.93. The molecule has 0 saturated heterocycles. The fourth-order valence-electron chi connectivity index (χ4n) is 1.67. The summed E-state index contributed by atoms with van der Waals surface area (Å²) in [6.07, 6.45) is 5.23. The van der Waals surface area contributed by atoms with Crippen LogP contribution in [-0.4, -0.2) is 36.4 Å². The number of ether oxygens (including phenoxy) is 1. The molecule has 4 heteroatoms. The van der Waals surface area contributed by atoms with Gasteiger partial charge in [-0.05, 0) is 26.3 Å². The second-order valence-corrected chi connectivity index (χ2v) is 4.59. The molecule has 0 aliphatic rings. The molecule has 0 aromatic heterocycles. The lowest BCUT2D eigenvalue weighted by molar-refractivity contribution is -0.145. The van der Waals surface area contributed by atoms with Crippen molar-refractivity contribution in [3.8, 4) is 0 Å². The molecule has 2 N–H and O–H groups in total. The van der Waals surface area contributed by atoms with Crippen molar-refractivity contribution in [1.82, 2.24) is 5.32 Å². The lowest BCUT2D eigenvalue weighted by atomic mass is 9.99. The molecular formula is C13H27NO3. The van der Waals surface area contributed by atoms with Gasteiger partial charge in [0.2, 0.25) is 0 Å². The number of carboxylic acids is 1. The Balaban J connectivity index is 3.65. The van der Waals surface area contributed by atoms with Crippen LogP contribution < -0.4 is 5.32 Å². The Morgan fingerprint density at radius 1 is 1.24 bits per heavy atom. The minimum Gasteiger partial charge on any atom is -0.480 e. The summed E-state index contributed by atoms with van der Waals surface area (Å²) in [5.41, 5.74) is -0.863. The second-order valence-electron chi connectivity index (χ2n) is 4.59. The molecule has 0 aromatic rings. The Morgan fingerprint density at radius 2 is 1.94 bits per heavy atom. The Morgan fingerprint density at radius 3 is 2.47 bits per heavy atom. The highest BCUT2D eigenvalue weighted by Crippen LogP contribution is 2.10. The van der Waals surface area contributed by atoms with Crippen molar-refractivity contribution in [3.63, 3.8) is 0 Å². The zero-order chi connectivity index (χ0) is 13.1. The van der Waals surface area contributed by atoms with Gasteiger partial charge in [-0.1, -0.05) is 33.1 Å². The predicted octanol–water partition coefficient (Wildman–Crippen LogP) is 2.43. The Hall–Kier alpha value is -0.610. The lowest BCUT2D eigenvalue weighted by Gasteiger charge is -2.25. The quantitative estimate of drug-likeness (QED) is 0.549. The lowest BCUT2D eigenvalue weighted by Crippen LogP contribution is -2.50. The molecule has 0 rings (SSSR count). The van der Waals surface area contributed by atoms with Gasteiger partial charge in [-0.15, -0.1) is 0 Å². The summed E-state index contributed by atoms with van der Waals surface area (Å²) in [6.45, 7) is 7.69. The number of carboxylic acid groups (broad SMARTS) is 1. The minimum atomic E-state index is -0.863. The summed E-state index contributed by atoms with van der Waals surface area (Å²) >= 11 is 0. The summed E-state index contributed by atoms with van der Waals surface area (Å²) < 4.78 is 5.47. The van der Waals surface area contributed by atoms with E-state index in [1.54, 1.807) is 6.92 Å². The zero-order valence-electron chi connectivity index (χ0n) is 11.4. The standard InChI is InChI=1S/C13H27NO3/c1-4-6-7-8-10-17-11-9-13(3,12(15)16)14-5-2/h14H,4-11H2,1-3H3,(H,15,16). The SMILES string of the molecule is CCCCCCOCCC(C)(NCC)C(=O)O. The molecule has 1 unspecified atom stereocenters. The third-order valence-electron chi connectivity index (χ3n) is 2.93. The molecule has 0 bridgehead atoms. The second kappa shape index (κ2) is 9.42. The molecule has 102 valence electrons. The molecule has 0 aromatic carbocycles. The van der Waals surface area contributed by atoms with Crippen molar-refractivity contribution in [3.05, 3.63) is 0 Å². The van der Waals surface area contributed by atoms with E-state index in [0.29, 0.717) is 19.6 Å². The monoisotopic (exact) mass is 245 g/mol. The normalized spacial score (nSPS) is 14.5. The van der Waals surface area contributed by atoms with Crippen LogP contribution in [0.3, 0.4) is 0 Å². The molecule has 4 nitrogen and oxygen atoms in total. The number of aliphatic carboxylic acids is 1. The highest BCUT2D eigenvalue weighted by molar-refractivity contribution is 5.78. The Labute approximate surface area is 105 Å². The van der Waals surface area contributed by atoms with Crippen molar-refractivity contribution in [2.75, 3.05) is 19.8 Å². The van der Waals surface area contributed by atoms with Crippen LogP contribution >= 0.6 is 0 Å². The molecular weight excluding hydrogens is 218 g/mol. The van der Waals surface area contributed by atoms with Crippen LogP contribution in [0, 0.1) is 0 Å². The molecule has 1 atom stereocenters. The first-order valence-electron chi connectivity index (χ1n) is 6.63. The van der Waals surface area contributed by atoms with Gasteiger partial charge in [-0.2, -0.15) is 0 Å². The average molecular weight is 245 g/mol. The van der Waals surface area contributed by atoms with Crippen LogP contribution in [-0.2, 0) is 9.53 Å². The van der Waals surface area contributed by atoms with E-state index in [2.05, 4.69) is 12.2 Å². The van der Waals surface area contributed by atoms with Crippen molar-refractivity contribution in [1.29, 1.82) is 0 Å². The summed E-state index contributed by atoms with van der Waals surface area (Å²) in [6, 6.07) is 0. The minimum absolute atomic E-state index is 0.502. The van der Waals surface area contributed by atoms with Gasteiger partial charge in [-0.3, -0.25) is 4.79 Å². The van der Waals surface area contributed by atoms with Crippen LogP contribution in [0.1, 0.15) is 52.9 Å². The number of nitrogens with one attached hydrogen (secondary N) is 1. The van der Waals surface area contributed by atoms with Crippen LogP contribution in [0.4, 0.5) is 0 Å². The van der Waals surface area contributed by atoms with Gasteiger partial charge in [0.1, 0.15) is 5.54 Å².